The lowest BCUT2D eigenvalue weighted by atomic mass is 10.1. The second kappa shape index (κ2) is 8.44. The van der Waals surface area contributed by atoms with Crippen molar-refractivity contribution in [3.63, 3.8) is 0 Å². The van der Waals surface area contributed by atoms with E-state index in [2.05, 4.69) is 20.6 Å². The smallest absolute Gasteiger partial charge is 0.271 e. The van der Waals surface area contributed by atoms with Crippen LogP contribution in [0, 0.1) is 0 Å². The van der Waals surface area contributed by atoms with E-state index in [0.717, 1.165) is 0 Å². The molecule has 3 aromatic rings. The molecule has 4 rings (SSSR count). The maximum atomic E-state index is 12.5. The monoisotopic (exact) mass is 437 g/mol. The van der Waals surface area contributed by atoms with E-state index in [9.17, 15) is 18.0 Å². The highest BCUT2D eigenvalue weighted by molar-refractivity contribution is 7.90. The highest BCUT2D eigenvalue weighted by Crippen LogP contribution is 2.22. The first-order valence-corrected chi connectivity index (χ1v) is 10.9. The predicted octanol–water partition coefficient (Wildman–Crippen LogP) is 1.37. The molecule has 2 aromatic carbocycles. The number of nitrogens with one attached hydrogen (secondary N) is 3. The summed E-state index contributed by atoms with van der Waals surface area (Å²) in [5.41, 5.74) is 6.30. The van der Waals surface area contributed by atoms with Gasteiger partial charge in [-0.2, -0.15) is 0 Å². The number of nitrogens with zero attached hydrogens (tertiary/aromatic N) is 2. The molecule has 0 spiro atoms. The third-order valence-electron chi connectivity index (χ3n) is 4.62. The number of aromatic nitrogens is 1. The van der Waals surface area contributed by atoms with Crippen LogP contribution in [-0.2, 0) is 14.8 Å². The van der Waals surface area contributed by atoms with E-state index in [-0.39, 0.29) is 23.7 Å². The lowest BCUT2D eigenvalue weighted by molar-refractivity contribution is -0.121. The van der Waals surface area contributed by atoms with Crippen LogP contribution in [0.1, 0.15) is 22.3 Å². The van der Waals surface area contributed by atoms with E-state index < -0.39 is 21.8 Å². The van der Waals surface area contributed by atoms with Gasteiger partial charge in [0.25, 0.3) is 15.9 Å². The topological polar surface area (TPSA) is 122 Å². The first kappa shape index (κ1) is 20.4. The molecule has 2 amide bonds. The SMILES string of the molecule is O=C(CCN=C1NS(=O)(=O)c2ccccc21)NNC(=O)c1ccccc1-n1cccc1. The van der Waals surface area contributed by atoms with Gasteiger partial charge in [-0.05, 0) is 36.4 Å². The number of sulfonamides is 1. The number of amidine groups is 1. The molecule has 0 radical (unpaired) electrons. The lowest BCUT2D eigenvalue weighted by Crippen LogP contribution is -2.42. The lowest BCUT2D eigenvalue weighted by Gasteiger charge is -2.11. The Balaban J connectivity index is 1.34. The van der Waals surface area contributed by atoms with E-state index in [1.165, 1.54) is 6.07 Å². The maximum absolute atomic E-state index is 12.5. The molecule has 9 nitrogen and oxygen atoms in total. The van der Waals surface area contributed by atoms with Crippen LogP contribution in [0.15, 0.2) is 82.9 Å². The number of carbonyl (C=O) groups excluding carboxylic acids is 2. The predicted molar refractivity (Wildman–Crippen MR) is 114 cm³/mol. The molecule has 0 unspecified atom stereocenters. The van der Waals surface area contributed by atoms with E-state index >= 15 is 0 Å². The highest BCUT2D eigenvalue weighted by atomic mass is 32.2. The standard InChI is InChI=1S/C21H19N5O4S/c27-19(11-12-22-20-16-8-2-4-10-18(16)31(29,30)25-20)23-24-21(28)15-7-1-3-9-17(15)26-13-5-6-14-26/h1-10,13-14H,11-12H2,(H,22,25)(H,23,27)(H,24,28). The quantitative estimate of drug-likeness (QED) is 0.522. The number of hydrogen-bond acceptors (Lipinski definition) is 5. The third kappa shape index (κ3) is 4.33. The van der Waals surface area contributed by atoms with Gasteiger partial charge in [0.05, 0.1) is 22.7 Å². The molecule has 158 valence electrons. The number of aliphatic imine (C=N–C) groups is 1. The fourth-order valence-electron chi connectivity index (χ4n) is 3.16. The van der Waals surface area contributed by atoms with Crippen LogP contribution in [-0.4, -0.2) is 37.2 Å². The van der Waals surface area contributed by atoms with Crippen molar-refractivity contribution in [2.24, 2.45) is 4.99 Å². The Morgan fingerprint density at radius 2 is 1.65 bits per heavy atom. The largest absolute Gasteiger partial charge is 0.323 e. The van der Waals surface area contributed by atoms with Crippen LogP contribution in [0.4, 0.5) is 0 Å². The minimum atomic E-state index is -3.62. The van der Waals surface area contributed by atoms with E-state index in [1.807, 2.05) is 30.6 Å². The van der Waals surface area contributed by atoms with Gasteiger partial charge >= 0.3 is 0 Å². The molecule has 2 heterocycles. The Morgan fingerprint density at radius 3 is 2.45 bits per heavy atom. The van der Waals surface area contributed by atoms with Crippen molar-refractivity contribution in [3.8, 4) is 5.69 Å². The van der Waals surface area contributed by atoms with Gasteiger partial charge in [0.1, 0.15) is 5.84 Å². The van der Waals surface area contributed by atoms with Gasteiger partial charge in [0, 0.05) is 24.4 Å². The zero-order valence-electron chi connectivity index (χ0n) is 16.3. The molecular weight excluding hydrogens is 418 g/mol. The Hall–Kier alpha value is -3.92. The number of amides is 2. The third-order valence-corrected chi connectivity index (χ3v) is 6.02. The van der Waals surface area contributed by atoms with Crippen LogP contribution in [0.3, 0.4) is 0 Å². The summed E-state index contributed by atoms with van der Waals surface area (Å²) in [5, 5.41) is 0. The molecule has 1 aromatic heterocycles. The number of para-hydroxylation sites is 1. The number of rotatable bonds is 5. The van der Waals surface area contributed by atoms with E-state index in [4.69, 9.17) is 0 Å². The summed E-state index contributed by atoms with van der Waals surface area (Å²) in [6.07, 6.45) is 3.60. The number of benzene rings is 2. The van der Waals surface area contributed by atoms with Crippen molar-refractivity contribution in [3.05, 3.63) is 84.2 Å². The number of hydrazine groups is 1. The summed E-state index contributed by atoms with van der Waals surface area (Å²) in [7, 11) is -3.62. The minimum Gasteiger partial charge on any atom is -0.323 e. The van der Waals surface area contributed by atoms with Crippen LogP contribution < -0.4 is 15.6 Å². The zero-order valence-corrected chi connectivity index (χ0v) is 17.1. The summed E-state index contributed by atoms with van der Waals surface area (Å²) in [4.78, 5) is 29.0. The van der Waals surface area contributed by atoms with Crippen LogP contribution in [0.2, 0.25) is 0 Å². The van der Waals surface area contributed by atoms with E-state index in [1.54, 1.807) is 41.0 Å². The number of fused-ring (bicyclic) bond motifs is 1. The van der Waals surface area contributed by atoms with Crippen molar-refractivity contribution in [2.75, 3.05) is 6.54 Å². The van der Waals surface area contributed by atoms with Gasteiger partial charge in [-0.15, -0.1) is 0 Å². The fraction of sp³-hybridized carbons (Fsp3) is 0.0952. The molecule has 31 heavy (non-hydrogen) atoms. The van der Waals surface area contributed by atoms with Gasteiger partial charge in [-0.3, -0.25) is 30.2 Å². The van der Waals surface area contributed by atoms with E-state index in [0.29, 0.717) is 16.8 Å². The molecule has 0 aliphatic carbocycles. The second-order valence-corrected chi connectivity index (χ2v) is 8.34. The minimum absolute atomic E-state index is 0.0348. The molecule has 0 saturated carbocycles. The molecule has 0 saturated heterocycles. The zero-order chi connectivity index (χ0) is 21.8. The molecule has 0 bridgehead atoms. The van der Waals surface area contributed by atoms with Crippen LogP contribution in [0.5, 0.6) is 0 Å². The van der Waals surface area contributed by atoms with Crippen molar-refractivity contribution >= 4 is 27.7 Å². The summed E-state index contributed by atoms with van der Waals surface area (Å²) in [6, 6.07) is 17.2. The van der Waals surface area contributed by atoms with Crippen LogP contribution >= 0.6 is 0 Å². The van der Waals surface area contributed by atoms with Crippen LogP contribution in [0.25, 0.3) is 5.69 Å². The summed E-state index contributed by atoms with van der Waals surface area (Å²) >= 11 is 0. The Labute approximate surface area is 178 Å². The Bertz CT molecular complexity index is 1270. The van der Waals surface area contributed by atoms with Gasteiger partial charge in [-0.1, -0.05) is 24.3 Å². The fourth-order valence-corrected chi connectivity index (χ4v) is 4.41. The van der Waals surface area contributed by atoms with Crippen molar-refractivity contribution in [2.45, 2.75) is 11.3 Å². The van der Waals surface area contributed by atoms with Crippen molar-refractivity contribution < 1.29 is 18.0 Å². The first-order chi connectivity index (χ1) is 15.0. The highest BCUT2D eigenvalue weighted by Gasteiger charge is 2.29. The molecule has 1 aliphatic rings. The molecule has 0 fully saturated rings. The number of hydrogen-bond donors (Lipinski definition) is 3. The molecule has 1 aliphatic heterocycles. The molecule has 0 atom stereocenters. The first-order valence-electron chi connectivity index (χ1n) is 9.44. The Kier molecular flexibility index (Phi) is 5.54. The average Bonchev–Trinajstić information content (AvgIpc) is 3.39. The molecule has 10 heteroatoms. The molecule has 3 N–H and O–H groups in total. The van der Waals surface area contributed by atoms with Crippen molar-refractivity contribution in [1.29, 1.82) is 0 Å². The van der Waals surface area contributed by atoms with Gasteiger partial charge in [0.2, 0.25) is 5.91 Å². The normalized spacial score (nSPS) is 15.2. The maximum Gasteiger partial charge on any atom is 0.271 e. The summed E-state index contributed by atoms with van der Waals surface area (Å²) in [5.74, 6) is -0.709. The second-order valence-electron chi connectivity index (χ2n) is 6.69. The summed E-state index contributed by atoms with van der Waals surface area (Å²) in [6.45, 7) is 0.0495. The molecular formula is C21H19N5O4S. The van der Waals surface area contributed by atoms with Gasteiger partial charge in [0.15, 0.2) is 0 Å². The Morgan fingerprint density at radius 1 is 0.935 bits per heavy atom. The average molecular weight is 437 g/mol. The number of carbonyl (C=O) groups is 2. The van der Waals surface area contributed by atoms with Gasteiger partial charge in [-0.25, -0.2) is 8.42 Å². The summed E-state index contributed by atoms with van der Waals surface area (Å²) < 4.78 is 28.3. The van der Waals surface area contributed by atoms with Crippen molar-refractivity contribution in [1.82, 2.24) is 20.1 Å². The van der Waals surface area contributed by atoms with Gasteiger partial charge < -0.3 is 4.57 Å².